The fraction of sp³-hybridized carbons (Fsp3) is 0.500. The number of nitrogens with zero attached hydrogens (tertiary/aromatic N) is 1. The molecule has 0 fully saturated rings. The summed E-state index contributed by atoms with van der Waals surface area (Å²) in [7, 11) is -3.81. The van der Waals surface area contributed by atoms with Crippen molar-refractivity contribution >= 4 is 10.0 Å². The van der Waals surface area contributed by atoms with Gasteiger partial charge in [-0.05, 0) is 45.9 Å². The van der Waals surface area contributed by atoms with Crippen LogP contribution in [-0.2, 0) is 10.0 Å². The van der Waals surface area contributed by atoms with Crippen molar-refractivity contribution in [3.05, 3.63) is 29.8 Å². The molecule has 1 rings (SSSR count). The smallest absolute Gasteiger partial charge is 0.207 e. The molecular formula is C12H17F2NO2S. The highest BCUT2D eigenvalue weighted by atomic mass is 32.2. The predicted molar refractivity (Wildman–Crippen MR) is 65.7 cm³/mol. The van der Waals surface area contributed by atoms with Gasteiger partial charge >= 0.3 is 0 Å². The van der Waals surface area contributed by atoms with Gasteiger partial charge in [0.1, 0.15) is 0 Å². The van der Waals surface area contributed by atoms with E-state index in [9.17, 15) is 17.2 Å². The van der Waals surface area contributed by atoms with Crippen molar-refractivity contribution in [3.63, 3.8) is 0 Å². The van der Waals surface area contributed by atoms with Crippen LogP contribution in [0.3, 0.4) is 0 Å². The van der Waals surface area contributed by atoms with Gasteiger partial charge in [-0.3, -0.25) is 0 Å². The van der Waals surface area contributed by atoms with E-state index < -0.39 is 21.7 Å². The minimum atomic E-state index is -3.81. The van der Waals surface area contributed by atoms with Crippen LogP contribution < -0.4 is 0 Å². The monoisotopic (exact) mass is 277 g/mol. The molecule has 0 aliphatic rings. The molecule has 0 aliphatic carbocycles. The topological polar surface area (TPSA) is 37.4 Å². The molecule has 0 N–H and O–H groups in total. The second kappa shape index (κ2) is 5.32. The van der Waals surface area contributed by atoms with Gasteiger partial charge in [0.05, 0.1) is 4.90 Å². The Labute approximate surface area is 106 Å². The first-order chi connectivity index (χ1) is 8.17. The second-order valence-electron chi connectivity index (χ2n) is 4.60. The first-order valence-electron chi connectivity index (χ1n) is 5.66. The van der Waals surface area contributed by atoms with Gasteiger partial charge in [-0.2, -0.15) is 4.31 Å². The molecule has 0 saturated carbocycles. The Hall–Kier alpha value is -1.01. The highest BCUT2D eigenvalue weighted by Gasteiger charge is 2.29. The Kier molecular flexibility index (Phi) is 4.45. The summed E-state index contributed by atoms with van der Waals surface area (Å²) in [6.45, 7) is 6.93. The van der Waals surface area contributed by atoms with Gasteiger partial charge in [-0.1, -0.05) is 0 Å². The average molecular weight is 277 g/mol. The third kappa shape index (κ3) is 2.87. The van der Waals surface area contributed by atoms with Gasteiger partial charge in [-0.25, -0.2) is 17.2 Å². The lowest BCUT2D eigenvalue weighted by Crippen LogP contribution is -2.41. The van der Waals surface area contributed by atoms with Crippen molar-refractivity contribution < 1.29 is 17.2 Å². The Morgan fingerprint density at radius 3 is 1.89 bits per heavy atom. The molecule has 0 unspecified atom stereocenters. The van der Waals surface area contributed by atoms with Crippen LogP contribution in [0.15, 0.2) is 23.1 Å². The lowest BCUT2D eigenvalue weighted by molar-refractivity contribution is 0.302. The zero-order chi connectivity index (χ0) is 14.1. The Morgan fingerprint density at radius 1 is 1.00 bits per heavy atom. The maximum absolute atomic E-state index is 13.1. The molecule has 0 spiro atoms. The number of hydrogen-bond donors (Lipinski definition) is 0. The molecule has 0 saturated heterocycles. The molecule has 3 nitrogen and oxygen atoms in total. The van der Waals surface area contributed by atoms with Gasteiger partial charge in [0.2, 0.25) is 10.0 Å². The number of hydrogen-bond acceptors (Lipinski definition) is 2. The molecule has 6 heteroatoms. The predicted octanol–water partition coefficient (Wildman–Crippen LogP) is 2.77. The Bertz CT molecular complexity index is 519. The van der Waals surface area contributed by atoms with Crippen LogP contribution in [0.1, 0.15) is 27.7 Å². The number of benzene rings is 1. The molecule has 0 aromatic heterocycles. The third-order valence-electron chi connectivity index (χ3n) is 2.48. The van der Waals surface area contributed by atoms with E-state index >= 15 is 0 Å². The molecule has 0 aliphatic heterocycles. The molecule has 0 amide bonds. The fourth-order valence-corrected chi connectivity index (χ4v) is 3.76. The lowest BCUT2D eigenvalue weighted by atomic mass is 10.3. The summed E-state index contributed by atoms with van der Waals surface area (Å²) in [4.78, 5) is -0.233. The summed E-state index contributed by atoms with van der Waals surface area (Å²) in [6.07, 6.45) is 0. The normalized spacial score (nSPS) is 12.7. The maximum atomic E-state index is 13.1. The molecule has 0 bridgehead atoms. The van der Waals surface area contributed by atoms with Crippen molar-refractivity contribution in [2.24, 2.45) is 0 Å². The van der Waals surface area contributed by atoms with Gasteiger partial charge in [0.25, 0.3) is 0 Å². The van der Waals surface area contributed by atoms with Crippen LogP contribution in [0, 0.1) is 11.6 Å². The Morgan fingerprint density at radius 2 is 1.50 bits per heavy atom. The summed E-state index contributed by atoms with van der Waals surface area (Å²) < 4.78 is 51.8. The minimum absolute atomic E-state index is 0.233. The van der Waals surface area contributed by atoms with Gasteiger partial charge < -0.3 is 0 Å². The second-order valence-corrected chi connectivity index (χ2v) is 6.44. The summed E-state index contributed by atoms with van der Waals surface area (Å²) >= 11 is 0. The van der Waals surface area contributed by atoms with E-state index in [1.54, 1.807) is 27.7 Å². The highest BCUT2D eigenvalue weighted by Crippen LogP contribution is 2.22. The highest BCUT2D eigenvalue weighted by molar-refractivity contribution is 7.89. The van der Waals surface area contributed by atoms with E-state index in [1.807, 2.05) is 0 Å². The van der Waals surface area contributed by atoms with Gasteiger partial charge in [0, 0.05) is 12.1 Å². The van der Waals surface area contributed by atoms with Gasteiger partial charge in [-0.15, -0.1) is 0 Å². The van der Waals surface area contributed by atoms with Crippen LogP contribution in [0.25, 0.3) is 0 Å². The van der Waals surface area contributed by atoms with Crippen LogP contribution in [0.5, 0.6) is 0 Å². The molecule has 102 valence electrons. The molecule has 0 radical (unpaired) electrons. The van der Waals surface area contributed by atoms with Gasteiger partial charge in [0.15, 0.2) is 11.6 Å². The molecule has 18 heavy (non-hydrogen) atoms. The zero-order valence-electron chi connectivity index (χ0n) is 10.8. The SMILES string of the molecule is CC(C)N(C(C)C)S(=O)(=O)c1ccc(F)c(F)c1. The third-order valence-corrected chi connectivity index (χ3v) is 4.73. The summed E-state index contributed by atoms with van der Waals surface area (Å²) in [5.74, 6) is -2.22. The Balaban J connectivity index is 3.31. The van der Waals surface area contributed by atoms with Crippen LogP contribution in [0.4, 0.5) is 8.78 Å². The first kappa shape index (κ1) is 15.0. The van der Waals surface area contributed by atoms with E-state index in [1.165, 1.54) is 4.31 Å². The largest absolute Gasteiger partial charge is 0.243 e. The van der Waals surface area contributed by atoms with E-state index in [4.69, 9.17) is 0 Å². The maximum Gasteiger partial charge on any atom is 0.243 e. The molecule has 1 aromatic carbocycles. The van der Waals surface area contributed by atoms with Crippen molar-refractivity contribution in [2.45, 2.75) is 44.7 Å². The number of sulfonamides is 1. The molecular weight excluding hydrogens is 260 g/mol. The summed E-state index contributed by atoms with van der Waals surface area (Å²) in [5.41, 5.74) is 0. The van der Waals surface area contributed by atoms with Crippen LogP contribution in [-0.4, -0.2) is 24.8 Å². The van der Waals surface area contributed by atoms with E-state index in [-0.39, 0.29) is 17.0 Å². The van der Waals surface area contributed by atoms with Crippen molar-refractivity contribution in [1.29, 1.82) is 0 Å². The first-order valence-corrected chi connectivity index (χ1v) is 7.10. The standard InChI is InChI=1S/C12H17F2NO2S/c1-8(2)15(9(3)4)18(16,17)10-5-6-11(13)12(14)7-10/h5-9H,1-4H3. The van der Waals surface area contributed by atoms with E-state index in [0.717, 1.165) is 12.1 Å². The zero-order valence-corrected chi connectivity index (χ0v) is 11.6. The van der Waals surface area contributed by atoms with Crippen LogP contribution in [0.2, 0.25) is 0 Å². The van der Waals surface area contributed by atoms with Crippen molar-refractivity contribution in [2.75, 3.05) is 0 Å². The van der Waals surface area contributed by atoms with Crippen molar-refractivity contribution in [1.82, 2.24) is 4.31 Å². The lowest BCUT2D eigenvalue weighted by Gasteiger charge is -2.29. The quantitative estimate of drug-likeness (QED) is 0.848. The summed E-state index contributed by atoms with van der Waals surface area (Å²) in [6, 6.07) is 2.08. The minimum Gasteiger partial charge on any atom is -0.207 e. The summed E-state index contributed by atoms with van der Waals surface area (Å²) in [5, 5.41) is 0. The number of rotatable bonds is 4. The van der Waals surface area contributed by atoms with E-state index in [0.29, 0.717) is 6.07 Å². The van der Waals surface area contributed by atoms with E-state index in [2.05, 4.69) is 0 Å². The van der Waals surface area contributed by atoms with Crippen LogP contribution >= 0.6 is 0 Å². The fourth-order valence-electron chi connectivity index (χ4n) is 1.91. The average Bonchev–Trinajstić information content (AvgIpc) is 2.19. The molecule has 0 atom stereocenters. The molecule has 1 aromatic rings. The molecule has 0 heterocycles. The number of halogens is 2. The van der Waals surface area contributed by atoms with Crippen molar-refractivity contribution in [3.8, 4) is 0 Å².